The lowest BCUT2D eigenvalue weighted by atomic mass is 10.2. The zero-order valence-electron chi connectivity index (χ0n) is 11.7. The highest BCUT2D eigenvalue weighted by molar-refractivity contribution is 7.80. The summed E-state index contributed by atoms with van der Waals surface area (Å²) in [6.07, 6.45) is 1.02. The normalized spacial score (nSPS) is 11.4. The first kappa shape index (κ1) is 14.4. The van der Waals surface area contributed by atoms with Gasteiger partial charge in [0.15, 0.2) is 5.11 Å². The second kappa shape index (κ2) is 6.96. The second-order valence-electron chi connectivity index (χ2n) is 4.45. The monoisotopic (exact) mass is 286 g/mol. The molecule has 0 fully saturated rings. The van der Waals surface area contributed by atoms with E-state index < -0.39 is 0 Å². The van der Waals surface area contributed by atoms with Crippen molar-refractivity contribution in [2.75, 3.05) is 6.54 Å². The van der Waals surface area contributed by atoms with Crippen molar-refractivity contribution in [2.24, 2.45) is 5.10 Å². The number of rotatable bonds is 4. The highest BCUT2D eigenvalue weighted by Gasteiger charge is 2.01. The van der Waals surface area contributed by atoms with Crippen LogP contribution in [-0.4, -0.2) is 22.4 Å². The molecule has 0 aliphatic heterocycles. The van der Waals surface area contributed by atoms with Crippen LogP contribution in [0.1, 0.15) is 26.0 Å². The Kier molecular flexibility index (Phi) is 5.01. The lowest BCUT2D eigenvalue weighted by Gasteiger charge is -2.07. The van der Waals surface area contributed by atoms with E-state index in [2.05, 4.69) is 27.8 Å². The summed E-state index contributed by atoms with van der Waals surface area (Å²) in [7, 11) is 0. The number of hydrogen-bond acceptors (Lipinski definition) is 3. The number of hydrazone groups is 1. The molecule has 0 amide bonds. The van der Waals surface area contributed by atoms with Crippen LogP contribution in [0, 0.1) is 0 Å². The van der Waals surface area contributed by atoms with Crippen molar-refractivity contribution in [3.8, 4) is 0 Å². The van der Waals surface area contributed by atoms with E-state index >= 15 is 0 Å². The highest BCUT2D eigenvalue weighted by Crippen LogP contribution is 2.12. The van der Waals surface area contributed by atoms with E-state index in [4.69, 9.17) is 12.2 Å². The Morgan fingerprint density at radius 1 is 1.25 bits per heavy atom. The van der Waals surface area contributed by atoms with E-state index in [0.717, 1.165) is 35.3 Å². The number of pyridine rings is 1. The molecule has 1 aromatic carbocycles. The third-order valence-electron chi connectivity index (χ3n) is 2.83. The van der Waals surface area contributed by atoms with Gasteiger partial charge in [-0.25, -0.2) is 4.98 Å². The maximum Gasteiger partial charge on any atom is 0.186 e. The number of hydrogen-bond donors (Lipinski definition) is 2. The van der Waals surface area contributed by atoms with E-state index in [1.807, 2.05) is 43.3 Å². The van der Waals surface area contributed by atoms with E-state index in [1.165, 1.54) is 0 Å². The van der Waals surface area contributed by atoms with Crippen molar-refractivity contribution in [1.29, 1.82) is 0 Å². The van der Waals surface area contributed by atoms with Gasteiger partial charge in [0.2, 0.25) is 0 Å². The van der Waals surface area contributed by atoms with Crippen LogP contribution in [-0.2, 0) is 0 Å². The van der Waals surface area contributed by atoms with E-state index in [1.54, 1.807) is 0 Å². The van der Waals surface area contributed by atoms with Crippen LogP contribution in [0.4, 0.5) is 0 Å². The summed E-state index contributed by atoms with van der Waals surface area (Å²) in [5, 5.41) is 8.97. The summed E-state index contributed by atoms with van der Waals surface area (Å²) in [4.78, 5) is 4.58. The first-order valence-corrected chi connectivity index (χ1v) is 7.06. The molecule has 0 saturated heterocycles. The Balaban J connectivity index is 2.10. The van der Waals surface area contributed by atoms with Gasteiger partial charge >= 0.3 is 0 Å². The minimum Gasteiger partial charge on any atom is -0.361 e. The molecular weight excluding hydrogens is 268 g/mol. The maximum absolute atomic E-state index is 5.12. The molecule has 4 nitrogen and oxygen atoms in total. The van der Waals surface area contributed by atoms with E-state index in [-0.39, 0.29) is 0 Å². The molecule has 1 aromatic heterocycles. The van der Waals surface area contributed by atoms with E-state index in [9.17, 15) is 0 Å². The Hall–Kier alpha value is -2.01. The standard InChI is InChI=1S/C15H18N4S/c1-3-10-16-15(20)19-18-11(2)13-9-8-12-6-4-5-7-14(12)17-13/h4-9H,3,10H2,1-2H3,(H2,16,19,20). The van der Waals surface area contributed by atoms with Gasteiger partial charge in [-0.1, -0.05) is 31.2 Å². The molecule has 0 aliphatic rings. The van der Waals surface area contributed by atoms with Gasteiger partial charge in [-0.3, -0.25) is 5.43 Å². The van der Waals surface area contributed by atoms with Crippen molar-refractivity contribution in [1.82, 2.24) is 15.7 Å². The predicted molar refractivity (Wildman–Crippen MR) is 88.0 cm³/mol. The number of para-hydroxylation sites is 1. The minimum atomic E-state index is 0.534. The molecule has 0 unspecified atom stereocenters. The van der Waals surface area contributed by atoms with Gasteiger partial charge in [-0.2, -0.15) is 5.10 Å². The van der Waals surface area contributed by atoms with Gasteiger partial charge in [0, 0.05) is 11.9 Å². The second-order valence-corrected chi connectivity index (χ2v) is 4.86. The minimum absolute atomic E-state index is 0.534. The summed E-state index contributed by atoms with van der Waals surface area (Å²) in [5.41, 5.74) is 5.44. The molecule has 0 atom stereocenters. The quantitative estimate of drug-likeness (QED) is 0.515. The van der Waals surface area contributed by atoms with Crippen molar-refractivity contribution in [3.05, 3.63) is 42.1 Å². The fraction of sp³-hybridized carbons (Fsp3) is 0.267. The van der Waals surface area contributed by atoms with Crippen LogP contribution in [0.5, 0.6) is 0 Å². The zero-order valence-corrected chi connectivity index (χ0v) is 12.5. The lowest BCUT2D eigenvalue weighted by Crippen LogP contribution is -2.33. The Bertz CT molecular complexity index is 637. The third-order valence-corrected chi connectivity index (χ3v) is 3.07. The van der Waals surface area contributed by atoms with Gasteiger partial charge in [0.05, 0.1) is 16.9 Å². The predicted octanol–water partition coefficient (Wildman–Crippen LogP) is 2.83. The molecule has 20 heavy (non-hydrogen) atoms. The number of nitrogens with zero attached hydrogens (tertiary/aromatic N) is 2. The Morgan fingerprint density at radius 2 is 2.05 bits per heavy atom. The summed E-state index contributed by atoms with van der Waals surface area (Å²) < 4.78 is 0. The van der Waals surface area contributed by atoms with E-state index in [0.29, 0.717) is 5.11 Å². The van der Waals surface area contributed by atoms with Crippen LogP contribution in [0.25, 0.3) is 10.9 Å². The average Bonchev–Trinajstić information content (AvgIpc) is 2.50. The maximum atomic E-state index is 5.12. The Labute approximate surface area is 124 Å². The molecule has 0 aliphatic carbocycles. The molecule has 2 aromatic rings. The largest absolute Gasteiger partial charge is 0.361 e. The summed E-state index contributed by atoms with van der Waals surface area (Å²) >= 11 is 5.12. The molecule has 104 valence electrons. The third kappa shape index (κ3) is 3.74. The van der Waals surface area contributed by atoms with Gasteiger partial charge in [0.1, 0.15) is 0 Å². The van der Waals surface area contributed by atoms with Crippen LogP contribution >= 0.6 is 12.2 Å². The lowest BCUT2D eigenvalue weighted by molar-refractivity contribution is 0.816. The number of fused-ring (bicyclic) bond motifs is 1. The first-order valence-electron chi connectivity index (χ1n) is 6.65. The van der Waals surface area contributed by atoms with Crippen LogP contribution in [0.3, 0.4) is 0 Å². The average molecular weight is 286 g/mol. The summed E-state index contributed by atoms with van der Waals surface area (Å²) in [6, 6.07) is 12.0. The fourth-order valence-electron chi connectivity index (χ4n) is 1.74. The van der Waals surface area contributed by atoms with Gasteiger partial charge in [-0.15, -0.1) is 0 Å². The summed E-state index contributed by atoms with van der Waals surface area (Å²) in [6.45, 7) is 4.84. The topological polar surface area (TPSA) is 49.3 Å². The van der Waals surface area contributed by atoms with Crippen LogP contribution in [0.2, 0.25) is 0 Å². The summed E-state index contributed by atoms with van der Waals surface area (Å²) in [5.74, 6) is 0. The molecule has 2 rings (SSSR count). The first-order chi connectivity index (χ1) is 9.70. The molecule has 5 heteroatoms. The molecule has 0 spiro atoms. The van der Waals surface area contributed by atoms with Gasteiger partial charge in [0.25, 0.3) is 0 Å². The van der Waals surface area contributed by atoms with Crippen LogP contribution < -0.4 is 10.7 Å². The molecule has 1 heterocycles. The van der Waals surface area contributed by atoms with Crippen molar-refractivity contribution in [3.63, 3.8) is 0 Å². The van der Waals surface area contributed by atoms with Crippen molar-refractivity contribution >= 4 is 33.9 Å². The molecule has 0 bridgehead atoms. The van der Waals surface area contributed by atoms with Crippen LogP contribution in [0.15, 0.2) is 41.5 Å². The number of nitrogens with one attached hydrogen (secondary N) is 2. The fourth-order valence-corrected chi connectivity index (χ4v) is 1.89. The smallest absolute Gasteiger partial charge is 0.186 e. The molecular formula is C15H18N4S. The number of aromatic nitrogens is 1. The molecule has 2 N–H and O–H groups in total. The van der Waals surface area contributed by atoms with Crippen molar-refractivity contribution < 1.29 is 0 Å². The molecule has 0 saturated carbocycles. The van der Waals surface area contributed by atoms with Gasteiger partial charge in [-0.05, 0) is 37.7 Å². The zero-order chi connectivity index (χ0) is 14.4. The Morgan fingerprint density at radius 3 is 2.85 bits per heavy atom. The van der Waals surface area contributed by atoms with Crippen molar-refractivity contribution in [2.45, 2.75) is 20.3 Å². The highest BCUT2D eigenvalue weighted by atomic mass is 32.1. The molecule has 0 radical (unpaired) electrons. The van der Waals surface area contributed by atoms with Gasteiger partial charge < -0.3 is 5.32 Å². The number of benzene rings is 1. The number of thiocarbonyl (C=S) groups is 1. The SMILES string of the molecule is CCCNC(=S)NN=C(C)c1ccc2ccccc2n1.